The zero-order chi connectivity index (χ0) is 25.3. The number of halogens is 2. The minimum Gasteiger partial charge on any atom is -0.495 e. The molecule has 9 nitrogen and oxygen atoms in total. The molecule has 3 aromatic carbocycles. The Morgan fingerprint density at radius 2 is 1.83 bits per heavy atom. The van der Waals surface area contributed by atoms with E-state index in [-0.39, 0.29) is 57.1 Å². The van der Waals surface area contributed by atoms with E-state index in [1.54, 1.807) is 0 Å². The molecule has 182 valence electrons. The van der Waals surface area contributed by atoms with Crippen LogP contribution in [0.3, 0.4) is 0 Å². The van der Waals surface area contributed by atoms with E-state index in [0.29, 0.717) is 0 Å². The summed E-state index contributed by atoms with van der Waals surface area (Å²) >= 11 is 6.01. The number of ether oxygens (including phenoxy) is 2. The lowest BCUT2D eigenvalue weighted by molar-refractivity contribution is 0.0696. The summed E-state index contributed by atoms with van der Waals surface area (Å²) in [6.45, 7) is -0.264. The van der Waals surface area contributed by atoms with Crippen molar-refractivity contribution >= 4 is 44.9 Å². The molecule has 0 aromatic heterocycles. The van der Waals surface area contributed by atoms with Gasteiger partial charge < -0.3 is 19.9 Å². The van der Waals surface area contributed by atoms with E-state index in [1.807, 2.05) is 0 Å². The predicted octanol–water partition coefficient (Wildman–Crippen LogP) is 4.03. The van der Waals surface area contributed by atoms with Crippen LogP contribution in [0.2, 0.25) is 5.02 Å². The van der Waals surface area contributed by atoms with Crippen LogP contribution in [0.1, 0.15) is 20.7 Å². The smallest absolute Gasteiger partial charge is 0.335 e. The van der Waals surface area contributed by atoms with E-state index < -0.39 is 27.7 Å². The Morgan fingerprint density at radius 1 is 1.11 bits per heavy atom. The van der Waals surface area contributed by atoms with Crippen LogP contribution in [0, 0.1) is 5.82 Å². The lowest BCUT2D eigenvalue weighted by atomic mass is 10.1. The van der Waals surface area contributed by atoms with Gasteiger partial charge >= 0.3 is 5.97 Å². The highest BCUT2D eigenvalue weighted by Gasteiger charge is 2.35. The van der Waals surface area contributed by atoms with Crippen molar-refractivity contribution in [1.29, 1.82) is 0 Å². The average Bonchev–Trinajstić information content (AvgIpc) is 2.83. The molecule has 1 amide bonds. The SMILES string of the molecule is COc1ccc(Cl)cc1S(=O)(=O)N1CCOc2c(F)cc(C(=O)Nc3ccc(C(=O)O)cc3)cc21. The Balaban J connectivity index is 1.72. The van der Waals surface area contributed by atoms with Gasteiger partial charge in [-0.3, -0.25) is 9.10 Å². The number of hydrogen-bond acceptors (Lipinski definition) is 6. The highest BCUT2D eigenvalue weighted by Crippen LogP contribution is 2.40. The lowest BCUT2D eigenvalue weighted by Crippen LogP contribution is -2.38. The van der Waals surface area contributed by atoms with E-state index in [1.165, 1.54) is 55.6 Å². The number of anilines is 2. The van der Waals surface area contributed by atoms with Gasteiger partial charge in [0.25, 0.3) is 15.9 Å². The van der Waals surface area contributed by atoms with Gasteiger partial charge in [-0.25, -0.2) is 17.6 Å². The van der Waals surface area contributed by atoms with E-state index >= 15 is 0 Å². The molecule has 0 bridgehead atoms. The minimum absolute atomic E-state index is 0.0252. The molecule has 35 heavy (non-hydrogen) atoms. The van der Waals surface area contributed by atoms with Gasteiger partial charge in [0.2, 0.25) is 0 Å². The molecule has 1 aliphatic rings. The second kappa shape index (κ2) is 9.43. The number of carbonyl (C=O) groups excluding carboxylic acids is 1. The summed E-state index contributed by atoms with van der Waals surface area (Å²) in [5, 5.41) is 11.7. The number of amides is 1. The summed E-state index contributed by atoms with van der Waals surface area (Å²) in [5.41, 5.74) is -0.0447. The van der Waals surface area contributed by atoms with Crippen LogP contribution in [0.25, 0.3) is 0 Å². The first-order valence-corrected chi connectivity index (χ1v) is 11.9. The fraction of sp³-hybridized carbons (Fsp3) is 0.130. The number of sulfonamides is 1. The van der Waals surface area contributed by atoms with Gasteiger partial charge in [0, 0.05) is 16.3 Å². The maximum absolute atomic E-state index is 14.9. The van der Waals surface area contributed by atoms with Gasteiger partial charge in [0.05, 0.1) is 24.9 Å². The minimum atomic E-state index is -4.28. The molecule has 1 heterocycles. The molecule has 0 saturated heterocycles. The van der Waals surface area contributed by atoms with E-state index in [2.05, 4.69) is 5.32 Å². The number of nitrogens with one attached hydrogen (secondary N) is 1. The van der Waals surface area contributed by atoms with Crippen LogP contribution in [0.4, 0.5) is 15.8 Å². The Hall–Kier alpha value is -3.83. The van der Waals surface area contributed by atoms with Gasteiger partial charge in [-0.2, -0.15) is 0 Å². The Morgan fingerprint density at radius 3 is 2.49 bits per heavy atom. The third kappa shape index (κ3) is 4.73. The molecule has 0 spiro atoms. The van der Waals surface area contributed by atoms with Crippen LogP contribution in [-0.2, 0) is 10.0 Å². The molecule has 4 rings (SSSR count). The second-order valence-electron chi connectivity index (χ2n) is 7.36. The topological polar surface area (TPSA) is 122 Å². The van der Waals surface area contributed by atoms with Crippen molar-refractivity contribution in [2.75, 3.05) is 29.9 Å². The Bertz CT molecular complexity index is 1430. The second-order valence-corrected chi connectivity index (χ2v) is 9.63. The summed E-state index contributed by atoms with van der Waals surface area (Å²) < 4.78 is 53.4. The van der Waals surface area contributed by atoms with Crippen molar-refractivity contribution in [2.24, 2.45) is 0 Å². The molecule has 0 aliphatic carbocycles. The molecule has 1 aliphatic heterocycles. The molecule has 2 N–H and O–H groups in total. The number of benzene rings is 3. The van der Waals surface area contributed by atoms with Crippen molar-refractivity contribution < 1.29 is 37.0 Å². The molecular weight excluding hydrogens is 503 g/mol. The number of nitrogens with zero attached hydrogens (tertiary/aromatic N) is 1. The third-order valence-corrected chi connectivity index (χ3v) is 7.25. The number of aromatic carboxylic acids is 1. The molecule has 0 unspecified atom stereocenters. The highest BCUT2D eigenvalue weighted by molar-refractivity contribution is 7.93. The fourth-order valence-electron chi connectivity index (χ4n) is 3.51. The fourth-order valence-corrected chi connectivity index (χ4v) is 5.37. The first-order valence-electron chi connectivity index (χ1n) is 10.1. The molecule has 0 atom stereocenters. The summed E-state index contributed by atoms with van der Waals surface area (Å²) in [6, 6.07) is 11.6. The van der Waals surface area contributed by atoms with Crippen LogP contribution in [-0.4, -0.2) is 45.7 Å². The van der Waals surface area contributed by atoms with Crippen LogP contribution < -0.4 is 19.1 Å². The Labute approximate surface area is 204 Å². The zero-order valence-electron chi connectivity index (χ0n) is 18.1. The molecule has 0 radical (unpaired) electrons. The zero-order valence-corrected chi connectivity index (χ0v) is 19.7. The standard InChI is InChI=1S/C23H18ClFN2O7S/c1-33-19-7-4-15(24)12-20(19)35(31,32)27-8-9-34-21-17(25)10-14(11-18(21)27)22(28)26-16-5-2-13(3-6-16)23(29)30/h2-7,10-12H,8-9H2,1H3,(H,26,28)(H,29,30). The molecule has 12 heteroatoms. The molecular formula is C23H18ClFN2O7S. The predicted molar refractivity (Wildman–Crippen MR) is 126 cm³/mol. The van der Waals surface area contributed by atoms with Crippen LogP contribution >= 0.6 is 11.6 Å². The summed E-state index contributed by atoms with van der Waals surface area (Å²) in [5.74, 6) is -3.06. The van der Waals surface area contributed by atoms with Crippen molar-refractivity contribution in [3.05, 3.63) is 76.6 Å². The van der Waals surface area contributed by atoms with Crippen molar-refractivity contribution in [2.45, 2.75) is 4.90 Å². The monoisotopic (exact) mass is 520 g/mol. The Kier molecular flexibility index (Phi) is 6.55. The van der Waals surface area contributed by atoms with Crippen molar-refractivity contribution in [1.82, 2.24) is 0 Å². The first-order chi connectivity index (χ1) is 16.6. The van der Waals surface area contributed by atoms with Crippen LogP contribution in [0.15, 0.2) is 59.5 Å². The van der Waals surface area contributed by atoms with Crippen LogP contribution in [0.5, 0.6) is 11.5 Å². The van der Waals surface area contributed by atoms with E-state index in [9.17, 15) is 22.4 Å². The quantitative estimate of drug-likeness (QED) is 0.503. The van der Waals surface area contributed by atoms with Gasteiger partial charge in [-0.05, 0) is 54.6 Å². The largest absolute Gasteiger partial charge is 0.495 e. The van der Waals surface area contributed by atoms with Gasteiger partial charge in [-0.15, -0.1) is 0 Å². The number of carboxylic acids is 1. The maximum Gasteiger partial charge on any atom is 0.335 e. The number of rotatable bonds is 6. The van der Waals surface area contributed by atoms with Crippen molar-refractivity contribution in [3.8, 4) is 11.5 Å². The number of methoxy groups -OCH3 is 1. The number of fused-ring (bicyclic) bond motifs is 1. The first kappa shape index (κ1) is 24.3. The van der Waals surface area contributed by atoms with E-state index in [0.717, 1.165) is 10.4 Å². The number of hydrogen-bond donors (Lipinski definition) is 2. The highest BCUT2D eigenvalue weighted by atomic mass is 35.5. The number of carboxylic acid groups (broad SMARTS) is 1. The molecule has 3 aromatic rings. The van der Waals surface area contributed by atoms with Gasteiger partial charge in [0.1, 0.15) is 17.3 Å². The molecule has 0 fully saturated rings. The maximum atomic E-state index is 14.9. The van der Waals surface area contributed by atoms with Gasteiger partial charge in [-0.1, -0.05) is 11.6 Å². The third-order valence-electron chi connectivity index (χ3n) is 5.18. The van der Waals surface area contributed by atoms with Crippen molar-refractivity contribution in [3.63, 3.8) is 0 Å². The summed E-state index contributed by atoms with van der Waals surface area (Å²) in [7, 11) is -2.98. The summed E-state index contributed by atoms with van der Waals surface area (Å²) in [6.07, 6.45) is 0. The summed E-state index contributed by atoms with van der Waals surface area (Å²) in [4.78, 5) is 23.6. The normalized spacial score (nSPS) is 12.9. The average molecular weight is 521 g/mol. The van der Waals surface area contributed by atoms with E-state index in [4.69, 9.17) is 26.2 Å². The van der Waals surface area contributed by atoms with Gasteiger partial charge in [0.15, 0.2) is 11.6 Å². The number of carbonyl (C=O) groups is 2. The lowest BCUT2D eigenvalue weighted by Gasteiger charge is -2.31. The molecule has 0 saturated carbocycles.